The van der Waals surface area contributed by atoms with Gasteiger partial charge < -0.3 is 15.0 Å². The maximum atomic E-state index is 14.7. The molecule has 2 saturated heterocycles. The number of piperidine rings is 1. The molecule has 148 valence electrons. The molecule has 0 saturated carbocycles. The molecular formula is C21H21ClF2N2OS. The van der Waals surface area contributed by atoms with Crippen molar-refractivity contribution in [2.45, 2.75) is 18.4 Å². The van der Waals surface area contributed by atoms with Crippen molar-refractivity contribution in [3.8, 4) is 16.9 Å². The Morgan fingerprint density at radius 1 is 1.11 bits per heavy atom. The van der Waals surface area contributed by atoms with Crippen LogP contribution in [0.5, 0.6) is 5.75 Å². The van der Waals surface area contributed by atoms with Gasteiger partial charge in [-0.2, -0.15) is 11.8 Å². The largest absolute Gasteiger partial charge is 0.487 e. The number of ether oxygens (including phenoxy) is 1. The van der Waals surface area contributed by atoms with Crippen molar-refractivity contribution in [2.24, 2.45) is 0 Å². The van der Waals surface area contributed by atoms with E-state index in [2.05, 4.69) is 10.2 Å². The number of hydrogen-bond acceptors (Lipinski definition) is 4. The van der Waals surface area contributed by atoms with Crippen LogP contribution in [-0.2, 0) is 0 Å². The molecule has 0 spiro atoms. The third-order valence-corrected chi connectivity index (χ3v) is 6.99. The molecular weight excluding hydrogens is 402 g/mol. The monoisotopic (exact) mass is 422 g/mol. The molecule has 2 aromatic rings. The zero-order valence-electron chi connectivity index (χ0n) is 15.3. The predicted octanol–water partition coefficient (Wildman–Crippen LogP) is 4.68. The lowest BCUT2D eigenvalue weighted by atomic mass is 9.88. The summed E-state index contributed by atoms with van der Waals surface area (Å²) in [6, 6.07) is 6.14. The van der Waals surface area contributed by atoms with Crippen LogP contribution in [0, 0.1) is 11.6 Å². The summed E-state index contributed by atoms with van der Waals surface area (Å²) in [7, 11) is 0. The minimum Gasteiger partial charge on any atom is -0.487 e. The van der Waals surface area contributed by atoms with Crippen molar-refractivity contribution in [1.29, 1.82) is 0 Å². The van der Waals surface area contributed by atoms with Gasteiger partial charge in [0.2, 0.25) is 0 Å². The number of hydrogen-bond donors (Lipinski definition) is 1. The van der Waals surface area contributed by atoms with Crippen molar-refractivity contribution in [1.82, 2.24) is 5.32 Å². The first-order valence-electron chi connectivity index (χ1n) is 9.65. The maximum absolute atomic E-state index is 14.7. The van der Waals surface area contributed by atoms with Crippen LogP contribution in [0.3, 0.4) is 0 Å². The topological polar surface area (TPSA) is 24.5 Å². The molecule has 3 heterocycles. The molecule has 2 unspecified atom stereocenters. The fourth-order valence-electron chi connectivity index (χ4n) is 4.48. The van der Waals surface area contributed by atoms with Crippen LogP contribution in [-0.4, -0.2) is 43.8 Å². The van der Waals surface area contributed by atoms with E-state index in [1.54, 1.807) is 0 Å². The smallest absolute Gasteiger partial charge is 0.146 e. The van der Waals surface area contributed by atoms with Crippen LogP contribution >= 0.6 is 23.4 Å². The van der Waals surface area contributed by atoms with Crippen LogP contribution in [0.2, 0.25) is 5.02 Å². The van der Waals surface area contributed by atoms with E-state index in [4.69, 9.17) is 16.3 Å². The molecule has 2 fully saturated rings. The van der Waals surface area contributed by atoms with Gasteiger partial charge in [0.25, 0.3) is 0 Å². The average Bonchev–Trinajstić information content (AvgIpc) is 3.06. The van der Waals surface area contributed by atoms with Crippen molar-refractivity contribution < 1.29 is 13.5 Å². The average molecular weight is 423 g/mol. The van der Waals surface area contributed by atoms with Gasteiger partial charge in [-0.1, -0.05) is 11.6 Å². The summed E-state index contributed by atoms with van der Waals surface area (Å²) in [6.07, 6.45) is 1.07. The highest BCUT2D eigenvalue weighted by Crippen LogP contribution is 2.49. The molecule has 3 aliphatic heterocycles. The lowest BCUT2D eigenvalue weighted by molar-refractivity contribution is 0.172. The molecule has 0 radical (unpaired) electrons. The lowest BCUT2D eigenvalue weighted by Crippen LogP contribution is -2.37. The Morgan fingerprint density at radius 3 is 2.61 bits per heavy atom. The first-order valence-corrected chi connectivity index (χ1v) is 11.2. The fourth-order valence-corrected chi connectivity index (χ4v) is 5.57. The summed E-state index contributed by atoms with van der Waals surface area (Å²) < 4.78 is 35.7. The highest BCUT2D eigenvalue weighted by atomic mass is 35.5. The summed E-state index contributed by atoms with van der Waals surface area (Å²) in [5, 5.41) is 3.49. The van der Waals surface area contributed by atoms with Crippen LogP contribution in [0.15, 0.2) is 24.3 Å². The Hall–Kier alpha value is -1.50. The lowest BCUT2D eigenvalue weighted by Gasteiger charge is -2.30. The highest BCUT2D eigenvalue weighted by Gasteiger charge is 2.39. The van der Waals surface area contributed by atoms with Gasteiger partial charge >= 0.3 is 0 Å². The molecule has 1 N–H and O–H groups in total. The molecule has 0 amide bonds. The quantitative estimate of drug-likeness (QED) is 0.759. The summed E-state index contributed by atoms with van der Waals surface area (Å²) in [5.74, 6) is 1.91. The number of nitrogens with one attached hydrogen (secondary N) is 1. The van der Waals surface area contributed by atoms with Gasteiger partial charge in [-0.15, -0.1) is 0 Å². The minimum absolute atomic E-state index is 0.0212. The molecule has 0 aromatic heterocycles. The van der Waals surface area contributed by atoms with E-state index in [-0.39, 0.29) is 22.6 Å². The van der Waals surface area contributed by atoms with Crippen LogP contribution < -0.4 is 15.0 Å². The van der Waals surface area contributed by atoms with E-state index in [1.807, 2.05) is 23.9 Å². The number of thioether (sulfide) groups is 1. The normalized spacial score (nSPS) is 23.9. The van der Waals surface area contributed by atoms with E-state index in [0.29, 0.717) is 5.56 Å². The van der Waals surface area contributed by atoms with Crippen molar-refractivity contribution >= 4 is 29.1 Å². The zero-order valence-corrected chi connectivity index (χ0v) is 16.9. The molecule has 5 rings (SSSR count). The van der Waals surface area contributed by atoms with Gasteiger partial charge in [0.05, 0.1) is 11.3 Å². The fraction of sp³-hybridized carbons (Fsp3) is 0.429. The molecule has 7 heteroatoms. The number of benzene rings is 2. The summed E-state index contributed by atoms with van der Waals surface area (Å²) in [4.78, 5) is 2.29. The van der Waals surface area contributed by atoms with Gasteiger partial charge in [-0.3, -0.25) is 0 Å². The molecule has 3 nitrogen and oxygen atoms in total. The Labute approximate surface area is 172 Å². The number of anilines is 1. The highest BCUT2D eigenvalue weighted by molar-refractivity contribution is 7.99. The van der Waals surface area contributed by atoms with E-state index in [1.165, 1.54) is 12.1 Å². The molecule has 0 aliphatic carbocycles. The van der Waals surface area contributed by atoms with E-state index < -0.39 is 11.6 Å². The molecule has 2 atom stereocenters. The zero-order chi connectivity index (χ0) is 19.3. The molecule has 28 heavy (non-hydrogen) atoms. The number of fused-ring (bicyclic) bond motifs is 3. The van der Waals surface area contributed by atoms with Crippen molar-refractivity contribution in [2.75, 3.05) is 42.6 Å². The Bertz CT molecular complexity index is 897. The van der Waals surface area contributed by atoms with E-state index in [0.717, 1.165) is 61.1 Å². The predicted molar refractivity (Wildman–Crippen MR) is 111 cm³/mol. The Morgan fingerprint density at radius 2 is 1.86 bits per heavy atom. The van der Waals surface area contributed by atoms with Gasteiger partial charge in [0, 0.05) is 47.6 Å². The van der Waals surface area contributed by atoms with Gasteiger partial charge in [0.1, 0.15) is 23.5 Å². The third kappa shape index (κ3) is 3.15. The summed E-state index contributed by atoms with van der Waals surface area (Å²) >= 11 is 7.76. The van der Waals surface area contributed by atoms with Crippen molar-refractivity contribution in [3.05, 3.63) is 46.5 Å². The minimum atomic E-state index is -0.637. The van der Waals surface area contributed by atoms with E-state index >= 15 is 0 Å². The van der Waals surface area contributed by atoms with Gasteiger partial charge in [-0.05, 0) is 42.8 Å². The molecule has 2 aromatic carbocycles. The standard InChI is InChI=1S/C21H21ClF2N2OS/c22-13-9-16(23)20(17(24)10-13)12-7-14-15-11-25-2-1-19(15)27-21(14)18(8-12)26-3-5-28-6-4-26/h7-10,15,19,25H,1-6,11H2. The second-order valence-electron chi connectivity index (χ2n) is 7.51. The molecule has 3 aliphatic rings. The summed E-state index contributed by atoms with van der Waals surface area (Å²) in [6.45, 7) is 3.56. The maximum Gasteiger partial charge on any atom is 0.146 e. The van der Waals surface area contributed by atoms with Crippen LogP contribution in [0.1, 0.15) is 17.9 Å². The number of rotatable bonds is 2. The van der Waals surface area contributed by atoms with Gasteiger partial charge in [-0.25, -0.2) is 8.78 Å². The molecule has 0 bridgehead atoms. The number of halogens is 3. The first kappa shape index (κ1) is 18.5. The second kappa shape index (κ2) is 7.39. The summed E-state index contributed by atoms with van der Waals surface area (Å²) in [5.41, 5.74) is 2.54. The number of nitrogens with zero attached hydrogens (tertiary/aromatic N) is 1. The Kier molecular flexibility index (Phi) is 4.89. The SMILES string of the molecule is Fc1cc(Cl)cc(F)c1-c1cc2c(c(N3CCSCC3)c1)OC1CCNCC21. The van der Waals surface area contributed by atoms with E-state index in [9.17, 15) is 8.78 Å². The second-order valence-corrected chi connectivity index (χ2v) is 9.17. The van der Waals surface area contributed by atoms with Crippen LogP contribution in [0.4, 0.5) is 14.5 Å². The van der Waals surface area contributed by atoms with Gasteiger partial charge in [0.15, 0.2) is 0 Å². The first-order chi connectivity index (χ1) is 13.6. The Balaban J connectivity index is 1.67. The third-order valence-electron chi connectivity index (χ3n) is 5.83. The van der Waals surface area contributed by atoms with Crippen molar-refractivity contribution in [3.63, 3.8) is 0 Å². The van der Waals surface area contributed by atoms with Crippen LogP contribution in [0.25, 0.3) is 11.1 Å².